The van der Waals surface area contributed by atoms with Crippen molar-refractivity contribution in [2.45, 2.75) is 39.7 Å². The van der Waals surface area contributed by atoms with Gasteiger partial charge >= 0.3 is 6.09 Å². The zero-order valence-electron chi connectivity index (χ0n) is 19.3. The Hall–Kier alpha value is -3.62. The molecule has 1 aliphatic rings. The van der Waals surface area contributed by atoms with Crippen LogP contribution in [0.5, 0.6) is 17.5 Å². The minimum absolute atomic E-state index is 0.0517. The fourth-order valence-corrected chi connectivity index (χ4v) is 3.27. The van der Waals surface area contributed by atoms with E-state index in [1.165, 1.54) is 6.33 Å². The highest BCUT2D eigenvalue weighted by Crippen LogP contribution is 2.26. The number of aromatic nitrogens is 2. The Kier molecular flexibility index (Phi) is 8.63. The van der Waals surface area contributed by atoms with Gasteiger partial charge in [0.05, 0.1) is 17.9 Å². The molecule has 0 saturated carbocycles. The molecule has 1 saturated heterocycles. The lowest BCUT2D eigenvalue weighted by Gasteiger charge is -2.31. The second-order valence-corrected chi connectivity index (χ2v) is 7.50. The number of nitrogens with zero attached hydrogens (tertiary/aromatic N) is 4. The van der Waals surface area contributed by atoms with E-state index < -0.39 is 0 Å². The third-order valence-electron chi connectivity index (χ3n) is 5.15. The SMILES string of the molecule is C=CCOc1ccc(C(C)=NOc2ncnc(OC3CCN(C(=O)OCC)CC3)c2C)cc1. The van der Waals surface area contributed by atoms with E-state index in [-0.39, 0.29) is 12.2 Å². The van der Waals surface area contributed by atoms with Crippen LogP contribution in [0.3, 0.4) is 0 Å². The molecule has 1 fully saturated rings. The largest absolute Gasteiger partial charge is 0.490 e. The summed E-state index contributed by atoms with van der Waals surface area (Å²) < 4.78 is 16.6. The van der Waals surface area contributed by atoms with Gasteiger partial charge in [0.25, 0.3) is 5.88 Å². The van der Waals surface area contributed by atoms with Crippen molar-refractivity contribution in [1.82, 2.24) is 14.9 Å². The van der Waals surface area contributed by atoms with E-state index in [1.54, 1.807) is 17.9 Å². The number of carbonyl (C=O) groups excluding carboxylic acids is 1. The predicted octanol–water partition coefficient (Wildman–Crippen LogP) is 4.15. The van der Waals surface area contributed by atoms with Crippen LogP contribution in [0.2, 0.25) is 0 Å². The van der Waals surface area contributed by atoms with E-state index in [2.05, 4.69) is 21.7 Å². The zero-order chi connectivity index (χ0) is 23.6. The minimum atomic E-state index is -0.281. The third-order valence-corrected chi connectivity index (χ3v) is 5.15. The summed E-state index contributed by atoms with van der Waals surface area (Å²) in [5, 5.41) is 4.21. The van der Waals surface area contributed by atoms with E-state index in [9.17, 15) is 4.79 Å². The van der Waals surface area contributed by atoms with Crippen molar-refractivity contribution in [3.8, 4) is 17.5 Å². The first-order chi connectivity index (χ1) is 16.0. The van der Waals surface area contributed by atoms with Gasteiger partial charge in [-0.2, -0.15) is 4.98 Å². The van der Waals surface area contributed by atoms with E-state index >= 15 is 0 Å². The Morgan fingerprint density at radius 1 is 1.21 bits per heavy atom. The van der Waals surface area contributed by atoms with E-state index in [1.807, 2.05) is 38.1 Å². The molecule has 0 atom stereocenters. The summed E-state index contributed by atoms with van der Waals surface area (Å²) in [5.41, 5.74) is 2.25. The van der Waals surface area contributed by atoms with Gasteiger partial charge in [-0.05, 0) is 50.6 Å². The maximum absolute atomic E-state index is 11.9. The Labute approximate surface area is 194 Å². The average molecular weight is 455 g/mol. The summed E-state index contributed by atoms with van der Waals surface area (Å²) in [7, 11) is 0. The molecule has 2 heterocycles. The summed E-state index contributed by atoms with van der Waals surface area (Å²) >= 11 is 0. The van der Waals surface area contributed by atoms with Crippen LogP contribution in [0, 0.1) is 6.92 Å². The quantitative estimate of drug-likeness (QED) is 0.319. The van der Waals surface area contributed by atoms with Crippen LogP contribution < -0.4 is 14.3 Å². The number of likely N-dealkylation sites (tertiary alicyclic amines) is 1. The Morgan fingerprint density at radius 2 is 1.91 bits per heavy atom. The van der Waals surface area contributed by atoms with Gasteiger partial charge in [0.1, 0.15) is 24.8 Å². The lowest BCUT2D eigenvalue weighted by atomic mass is 10.1. The van der Waals surface area contributed by atoms with Crippen molar-refractivity contribution in [2.24, 2.45) is 5.16 Å². The highest BCUT2D eigenvalue weighted by atomic mass is 16.6. The fraction of sp³-hybridized carbons (Fsp3) is 0.417. The number of amides is 1. The maximum atomic E-state index is 11.9. The van der Waals surface area contributed by atoms with Gasteiger partial charge in [-0.15, -0.1) is 0 Å². The number of oxime groups is 1. The average Bonchev–Trinajstić information content (AvgIpc) is 2.84. The van der Waals surface area contributed by atoms with Crippen LogP contribution >= 0.6 is 0 Å². The first kappa shape index (κ1) is 24.0. The molecule has 176 valence electrons. The van der Waals surface area contributed by atoms with E-state index in [4.69, 9.17) is 19.0 Å². The van der Waals surface area contributed by atoms with Gasteiger partial charge in [0, 0.05) is 25.9 Å². The van der Waals surface area contributed by atoms with E-state index in [0.29, 0.717) is 62.2 Å². The van der Waals surface area contributed by atoms with Crippen LogP contribution in [0.15, 0.2) is 48.4 Å². The molecule has 0 spiro atoms. The molecule has 0 aliphatic carbocycles. The fourth-order valence-electron chi connectivity index (χ4n) is 3.27. The summed E-state index contributed by atoms with van der Waals surface area (Å²) in [5.74, 6) is 1.54. The van der Waals surface area contributed by atoms with Crippen LogP contribution in [0.4, 0.5) is 4.79 Å². The number of ether oxygens (including phenoxy) is 3. The number of hydrogen-bond donors (Lipinski definition) is 0. The number of rotatable bonds is 9. The van der Waals surface area contributed by atoms with Crippen molar-refractivity contribution in [2.75, 3.05) is 26.3 Å². The van der Waals surface area contributed by atoms with Crippen molar-refractivity contribution < 1.29 is 23.8 Å². The number of piperidine rings is 1. The monoisotopic (exact) mass is 454 g/mol. The molecule has 0 bridgehead atoms. The lowest BCUT2D eigenvalue weighted by Crippen LogP contribution is -2.42. The standard InChI is InChI=1S/C24H30N4O5/c1-5-15-31-20-9-7-19(8-10-20)18(4)27-33-23-17(3)22(25-16-26-23)32-21-11-13-28(14-12-21)24(29)30-6-2/h5,7-10,16,21H,1,6,11-15H2,2-4H3. The molecule has 2 aromatic rings. The summed E-state index contributed by atoms with van der Waals surface area (Å²) in [6, 6.07) is 7.55. The molecule has 1 aliphatic heterocycles. The third kappa shape index (κ3) is 6.68. The molecular formula is C24H30N4O5. The van der Waals surface area contributed by atoms with Crippen LogP contribution in [0.1, 0.15) is 37.8 Å². The van der Waals surface area contributed by atoms with Gasteiger partial charge in [-0.25, -0.2) is 9.78 Å². The summed E-state index contributed by atoms with van der Waals surface area (Å²) in [4.78, 5) is 27.6. The van der Waals surface area contributed by atoms with Crippen molar-refractivity contribution in [1.29, 1.82) is 0 Å². The zero-order valence-corrected chi connectivity index (χ0v) is 19.3. The maximum Gasteiger partial charge on any atom is 0.409 e. The first-order valence-electron chi connectivity index (χ1n) is 11.0. The van der Waals surface area contributed by atoms with Crippen molar-refractivity contribution in [3.05, 3.63) is 54.4 Å². The number of hydrogen-bond acceptors (Lipinski definition) is 8. The molecule has 0 unspecified atom stereocenters. The van der Waals surface area contributed by atoms with Crippen LogP contribution in [0.25, 0.3) is 0 Å². The highest BCUT2D eigenvalue weighted by molar-refractivity contribution is 5.98. The Balaban J connectivity index is 1.58. The second kappa shape index (κ2) is 11.8. The molecule has 9 heteroatoms. The molecule has 1 amide bonds. The van der Waals surface area contributed by atoms with Crippen LogP contribution in [-0.4, -0.2) is 59.1 Å². The van der Waals surface area contributed by atoms with E-state index in [0.717, 1.165) is 11.3 Å². The number of carbonyl (C=O) groups is 1. The molecule has 0 radical (unpaired) electrons. The van der Waals surface area contributed by atoms with Gasteiger partial charge in [-0.1, -0.05) is 17.8 Å². The smallest absolute Gasteiger partial charge is 0.409 e. The summed E-state index contributed by atoms with van der Waals surface area (Å²) in [6.45, 7) is 11.1. The van der Waals surface area contributed by atoms with Crippen LogP contribution in [-0.2, 0) is 4.74 Å². The van der Waals surface area contributed by atoms with Crippen molar-refractivity contribution in [3.63, 3.8) is 0 Å². The second-order valence-electron chi connectivity index (χ2n) is 7.50. The van der Waals surface area contributed by atoms with Crippen molar-refractivity contribution >= 4 is 11.8 Å². The molecule has 0 N–H and O–H groups in total. The molecule has 9 nitrogen and oxygen atoms in total. The number of benzene rings is 1. The molecular weight excluding hydrogens is 424 g/mol. The first-order valence-corrected chi connectivity index (χ1v) is 11.0. The highest BCUT2D eigenvalue weighted by Gasteiger charge is 2.25. The molecule has 33 heavy (non-hydrogen) atoms. The Bertz CT molecular complexity index is 969. The van der Waals surface area contributed by atoms with Gasteiger partial charge < -0.3 is 23.9 Å². The van der Waals surface area contributed by atoms with Gasteiger partial charge in [-0.3, -0.25) is 0 Å². The summed E-state index contributed by atoms with van der Waals surface area (Å²) in [6.07, 6.45) is 4.15. The topological polar surface area (TPSA) is 95.4 Å². The van der Waals surface area contributed by atoms with Gasteiger partial charge in [0.2, 0.25) is 5.88 Å². The van der Waals surface area contributed by atoms with Gasteiger partial charge in [0.15, 0.2) is 0 Å². The molecule has 1 aromatic heterocycles. The minimum Gasteiger partial charge on any atom is -0.490 e. The lowest BCUT2D eigenvalue weighted by molar-refractivity contribution is 0.0683. The normalized spacial score (nSPS) is 14.5. The molecule has 1 aromatic carbocycles. The molecule has 3 rings (SSSR count). The Morgan fingerprint density at radius 3 is 2.58 bits per heavy atom. The predicted molar refractivity (Wildman–Crippen MR) is 124 cm³/mol.